The van der Waals surface area contributed by atoms with E-state index in [9.17, 15) is 4.79 Å². The van der Waals surface area contributed by atoms with Crippen molar-refractivity contribution < 1.29 is 4.79 Å². The van der Waals surface area contributed by atoms with Gasteiger partial charge in [0, 0.05) is 18.3 Å². The summed E-state index contributed by atoms with van der Waals surface area (Å²) in [7, 11) is 0. The zero-order valence-electron chi connectivity index (χ0n) is 13.3. The number of nitrogens with zero attached hydrogens (tertiary/aromatic N) is 1. The number of rotatable bonds is 7. The molecule has 0 aliphatic heterocycles. The van der Waals surface area contributed by atoms with Gasteiger partial charge in [0.25, 0.3) is 0 Å². The molecule has 3 heteroatoms. The summed E-state index contributed by atoms with van der Waals surface area (Å²) in [5.41, 5.74) is 2.26. The van der Waals surface area contributed by atoms with Gasteiger partial charge < -0.3 is 10.2 Å². The lowest BCUT2D eigenvalue weighted by Gasteiger charge is -2.25. The van der Waals surface area contributed by atoms with Gasteiger partial charge in [0.2, 0.25) is 5.91 Å². The zero-order valence-corrected chi connectivity index (χ0v) is 13.3. The van der Waals surface area contributed by atoms with Gasteiger partial charge in [0.05, 0.1) is 6.54 Å². The largest absolute Gasteiger partial charge is 0.358 e. The molecule has 0 radical (unpaired) electrons. The quantitative estimate of drug-likeness (QED) is 0.846. The Bertz CT molecular complexity index is 569. The lowest BCUT2D eigenvalue weighted by atomic mass is 10.2. The summed E-state index contributed by atoms with van der Waals surface area (Å²) in [6.45, 7) is 5.19. The molecule has 1 unspecified atom stereocenters. The SMILES string of the molecule is CCC(C)NC(=O)CN(Cc1ccccc1)c1ccccc1. The predicted molar refractivity (Wildman–Crippen MR) is 91.8 cm³/mol. The van der Waals surface area contributed by atoms with E-state index in [1.807, 2.05) is 55.5 Å². The van der Waals surface area contributed by atoms with Gasteiger partial charge >= 0.3 is 0 Å². The van der Waals surface area contributed by atoms with Gasteiger partial charge in [-0.3, -0.25) is 4.79 Å². The van der Waals surface area contributed by atoms with Crippen LogP contribution in [0.2, 0.25) is 0 Å². The van der Waals surface area contributed by atoms with E-state index in [1.54, 1.807) is 0 Å². The monoisotopic (exact) mass is 296 g/mol. The van der Waals surface area contributed by atoms with Gasteiger partial charge in [-0.1, -0.05) is 55.5 Å². The second-order valence-electron chi connectivity index (χ2n) is 5.55. The van der Waals surface area contributed by atoms with Crippen molar-refractivity contribution in [3.63, 3.8) is 0 Å². The van der Waals surface area contributed by atoms with E-state index in [0.29, 0.717) is 6.54 Å². The van der Waals surface area contributed by atoms with Crippen LogP contribution in [0.15, 0.2) is 60.7 Å². The van der Waals surface area contributed by atoms with Gasteiger partial charge in [0.1, 0.15) is 0 Å². The van der Waals surface area contributed by atoms with E-state index in [1.165, 1.54) is 5.56 Å². The highest BCUT2D eigenvalue weighted by Crippen LogP contribution is 2.16. The van der Waals surface area contributed by atoms with Crippen molar-refractivity contribution in [1.82, 2.24) is 5.32 Å². The first-order valence-corrected chi connectivity index (χ1v) is 7.82. The van der Waals surface area contributed by atoms with Crippen LogP contribution in [0, 0.1) is 0 Å². The molecule has 3 nitrogen and oxygen atoms in total. The van der Waals surface area contributed by atoms with Crippen LogP contribution >= 0.6 is 0 Å². The Morgan fingerprint density at radius 2 is 1.64 bits per heavy atom. The van der Waals surface area contributed by atoms with Crippen LogP contribution in [0.5, 0.6) is 0 Å². The minimum absolute atomic E-state index is 0.0640. The molecular formula is C19H24N2O. The first-order chi connectivity index (χ1) is 10.7. The number of hydrogen-bond donors (Lipinski definition) is 1. The minimum atomic E-state index is 0.0640. The standard InChI is InChI=1S/C19H24N2O/c1-3-16(2)20-19(22)15-21(18-12-8-5-9-13-18)14-17-10-6-4-7-11-17/h4-13,16H,3,14-15H2,1-2H3,(H,20,22). The fourth-order valence-electron chi connectivity index (χ4n) is 2.28. The van der Waals surface area contributed by atoms with Gasteiger partial charge in [-0.2, -0.15) is 0 Å². The number of carbonyl (C=O) groups excluding carboxylic acids is 1. The van der Waals surface area contributed by atoms with Crippen molar-refractivity contribution >= 4 is 11.6 Å². The molecule has 0 spiro atoms. The van der Waals surface area contributed by atoms with Crippen LogP contribution in [0.4, 0.5) is 5.69 Å². The first-order valence-electron chi connectivity index (χ1n) is 7.82. The maximum absolute atomic E-state index is 12.2. The van der Waals surface area contributed by atoms with E-state index in [0.717, 1.165) is 18.7 Å². The summed E-state index contributed by atoms with van der Waals surface area (Å²) in [4.78, 5) is 14.3. The molecule has 22 heavy (non-hydrogen) atoms. The molecule has 0 saturated carbocycles. The Balaban J connectivity index is 2.10. The predicted octanol–water partition coefficient (Wildman–Crippen LogP) is 3.61. The van der Waals surface area contributed by atoms with Crippen molar-refractivity contribution in [2.75, 3.05) is 11.4 Å². The van der Waals surface area contributed by atoms with Crippen molar-refractivity contribution in [3.05, 3.63) is 66.2 Å². The van der Waals surface area contributed by atoms with Gasteiger partial charge in [-0.05, 0) is 31.0 Å². The number of hydrogen-bond acceptors (Lipinski definition) is 2. The van der Waals surface area contributed by atoms with Crippen molar-refractivity contribution in [2.24, 2.45) is 0 Å². The Kier molecular flexibility index (Phi) is 6.01. The third-order valence-electron chi connectivity index (χ3n) is 3.69. The lowest BCUT2D eigenvalue weighted by Crippen LogP contribution is -2.40. The summed E-state index contributed by atoms with van der Waals surface area (Å²) in [5.74, 6) is 0.0640. The third kappa shape index (κ3) is 4.92. The second-order valence-corrected chi connectivity index (χ2v) is 5.55. The summed E-state index contributed by atoms with van der Waals surface area (Å²) < 4.78 is 0. The molecule has 1 atom stereocenters. The molecule has 0 aromatic heterocycles. The van der Waals surface area contributed by atoms with Crippen LogP contribution in [-0.2, 0) is 11.3 Å². The highest BCUT2D eigenvalue weighted by atomic mass is 16.2. The fraction of sp³-hybridized carbons (Fsp3) is 0.316. The molecule has 0 heterocycles. The van der Waals surface area contributed by atoms with Crippen molar-refractivity contribution in [2.45, 2.75) is 32.9 Å². The molecule has 2 aromatic carbocycles. The summed E-state index contributed by atoms with van der Waals surface area (Å²) in [6, 6.07) is 20.5. The van der Waals surface area contributed by atoms with Crippen LogP contribution in [-0.4, -0.2) is 18.5 Å². The van der Waals surface area contributed by atoms with Crippen LogP contribution in [0.25, 0.3) is 0 Å². The Morgan fingerprint density at radius 3 is 2.23 bits per heavy atom. The van der Waals surface area contributed by atoms with Crippen LogP contribution in [0.3, 0.4) is 0 Å². The van der Waals surface area contributed by atoms with Crippen molar-refractivity contribution in [3.8, 4) is 0 Å². The van der Waals surface area contributed by atoms with E-state index < -0.39 is 0 Å². The molecule has 0 saturated heterocycles. The van der Waals surface area contributed by atoms with Gasteiger partial charge in [0.15, 0.2) is 0 Å². The lowest BCUT2D eigenvalue weighted by molar-refractivity contribution is -0.120. The highest BCUT2D eigenvalue weighted by molar-refractivity contribution is 5.81. The molecular weight excluding hydrogens is 272 g/mol. The van der Waals surface area contributed by atoms with Gasteiger partial charge in [-0.25, -0.2) is 0 Å². The Morgan fingerprint density at radius 1 is 1.05 bits per heavy atom. The van der Waals surface area contributed by atoms with E-state index in [4.69, 9.17) is 0 Å². The molecule has 1 amide bonds. The van der Waals surface area contributed by atoms with E-state index in [-0.39, 0.29) is 11.9 Å². The number of benzene rings is 2. The van der Waals surface area contributed by atoms with Gasteiger partial charge in [-0.15, -0.1) is 0 Å². The second kappa shape index (κ2) is 8.23. The smallest absolute Gasteiger partial charge is 0.239 e. The van der Waals surface area contributed by atoms with Crippen LogP contribution in [0.1, 0.15) is 25.8 Å². The topological polar surface area (TPSA) is 32.3 Å². The molecule has 0 aliphatic carbocycles. The fourth-order valence-corrected chi connectivity index (χ4v) is 2.28. The molecule has 116 valence electrons. The molecule has 1 N–H and O–H groups in total. The maximum Gasteiger partial charge on any atom is 0.239 e. The third-order valence-corrected chi connectivity index (χ3v) is 3.69. The summed E-state index contributed by atoms with van der Waals surface area (Å²) in [6.07, 6.45) is 0.940. The number of carbonyl (C=O) groups is 1. The average molecular weight is 296 g/mol. The highest BCUT2D eigenvalue weighted by Gasteiger charge is 2.13. The molecule has 0 bridgehead atoms. The average Bonchev–Trinajstić information content (AvgIpc) is 2.56. The Labute approximate surface area is 133 Å². The van der Waals surface area contributed by atoms with E-state index in [2.05, 4.69) is 29.3 Å². The summed E-state index contributed by atoms with van der Waals surface area (Å²) in [5, 5.41) is 3.03. The number of nitrogens with one attached hydrogen (secondary N) is 1. The molecule has 2 rings (SSSR count). The number of amides is 1. The normalized spacial score (nSPS) is 11.7. The molecule has 2 aromatic rings. The molecule has 0 fully saturated rings. The minimum Gasteiger partial charge on any atom is -0.358 e. The van der Waals surface area contributed by atoms with E-state index >= 15 is 0 Å². The summed E-state index contributed by atoms with van der Waals surface area (Å²) >= 11 is 0. The van der Waals surface area contributed by atoms with Crippen LogP contribution < -0.4 is 10.2 Å². The Hall–Kier alpha value is -2.29. The maximum atomic E-state index is 12.2. The van der Waals surface area contributed by atoms with Crippen molar-refractivity contribution in [1.29, 1.82) is 0 Å². The molecule has 0 aliphatic rings. The number of anilines is 1. The number of para-hydroxylation sites is 1. The zero-order chi connectivity index (χ0) is 15.8. The first kappa shape index (κ1) is 16.1.